The quantitative estimate of drug-likeness (QED) is 0.669. The molecule has 7 nitrogen and oxygen atoms in total. The van der Waals surface area contributed by atoms with Gasteiger partial charge in [0.15, 0.2) is 5.03 Å². The van der Waals surface area contributed by atoms with E-state index in [2.05, 4.69) is 19.8 Å². The molecule has 1 fully saturated rings. The maximum Gasteiger partial charge on any atom is 0.258 e. The lowest BCUT2D eigenvalue weighted by atomic mass is 10.1. The van der Waals surface area contributed by atoms with Gasteiger partial charge in [-0.3, -0.25) is 5.10 Å². The predicted octanol–water partition coefficient (Wildman–Crippen LogP) is -0.759. The van der Waals surface area contributed by atoms with Gasteiger partial charge in [0.25, 0.3) is 10.0 Å². The van der Waals surface area contributed by atoms with Crippen molar-refractivity contribution in [3.8, 4) is 0 Å². The number of rotatable bonds is 4. The summed E-state index contributed by atoms with van der Waals surface area (Å²) in [5.41, 5.74) is 5.99. The molecular weight excluding hydrogens is 254 g/mol. The molecule has 0 radical (unpaired) electrons. The second kappa shape index (κ2) is 5.35. The number of piperidine rings is 1. The average molecular weight is 273 g/mol. The van der Waals surface area contributed by atoms with Crippen molar-refractivity contribution >= 4 is 10.0 Å². The second-order valence-electron chi connectivity index (χ2n) is 4.63. The van der Waals surface area contributed by atoms with Gasteiger partial charge in [0.1, 0.15) is 0 Å². The number of sulfonamides is 1. The van der Waals surface area contributed by atoms with Gasteiger partial charge in [-0.05, 0) is 33.0 Å². The first-order chi connectivity index (χ1) is 8.53. The summed E-state index contributed by atoms with van der Waals surface area (Å²) in [6.07, 6.45) is 3.09. The fourth-order valence-corrected chi connectivity index (χ4v) is 3.53. The summed E-state index contributed by atoms with van der Waals surface area (Å²) in [6.45, 7) is 1.96. The Morgan fingerprint density at radius 1 is 1.56 bits per heavy atom. The molecule has 0 aromatic carbocycles. The Morgan fingerprint density at radius 3 is 2.83 bits per heavy atom. The molecule has 18 heavy (non-hydrogen) atoms. The zero-order valence-electron chi connectivity index (χ0n) is 10.4. The largest absolute Gasteiger partial charge is 0.326 e. The third-order valence-corrected chi connectivity index (χ3v) is 4.74. The summed E-state index contributed by atoms with van der Waals surface area (Å²) in [5, 5.41) is 6.32. The summed E-state index contributed by atoms with van der Waals surface area (Å²) in [7, 11) is -1.51. The number of nitrogens with zero attached hydrogens (tertiary/aromatic N) is 2. The van der Waals surface area contributed by atoms with Crippen molar-refractivity contribution in [3.63, 3.8) is 0 Å². The molecule has 0 spiro atoms. The topological polar surface area (TPSA) is 104 Å². The van der Waals surface area contributed by atoms with E-state index in [0.717, 1.165) is 25.9 Å². The van der Waals surface area contributed by atoms with Gasteiger partial charge in [0, 0.05) is 18.2 Å². The lowest BCUT2D eigenvalue weighted by molar-refractivity contribution is 0.248. The van der Waals surface area contributed by atoms with E-state index in [4.69, 9.17) is 5.73 Å². The fourth-order valence-electron chi connectivity index (χ4n) is 2.08. The van der Waals surface area contributed by atoms with Crippen molar-refractivity contribution < 1.29 is 8.42 Å². The SMILES string of the molecule is CN1CCC(NS(=O)(=O)c2[nH]ncc2CN)CC1. The van der Waals surface area contributed by atoms with Gasteiger partial charge in [-0.2, -0.15) is 5.10 Å². The van der Waals surface area contributed by atoms with Crippen LogP contribution in [0, 0.1) is 0 Å². The van der Waals surface area contributed by atoms with Crippen LogP contribution < -0.4 is 10.5 Å². The van der Waals surface area contributed by atoms with Crippen molar-refractivity contribution in [2.24, 2.45) is 5.73 Å². The van der Waals surface area contributed by atoms with Crippen LogP contribution in [0.1, 0.15) is 18.4 Å². The Hall–Kier alpha value is -0.960. The van der Waals surface area contributed by atoms with Crippen molar-refractivity contribution in [1.82, 2.24) is 19.8 Å². The molecule has 4 N–H and O–H groups in total. The molecule has 1 aromatic heterocycles. The second-order valence-corrected chi connectivity index (χ2v) is 6.28. The van der Waals surface area contributed by atoms with E-state index >= 15 is 0 Å². The summed E-state index contributed by atoms with van der Waals surface area (Å²) in [6, 6.07) is -0.0138. The van der Waals surface area contributed by atoms with Crippen LogP contribution >= 0.6 is 0 Å². The number of nitrogens with two attached hydrogens (primary N) is 1. The van der Waals surface area contributed by atoms with Crippen LogP contribution in [-0.4, -0.2) is 49.7 Å². The molecule has 0 saturated carbocycles. The number of aromatic amines is 1. The fraction of sp³-hybridized carbons (Fsp3) is 0.700. The molecule has 0 aliphatic carbocycles. The predicted molar refractivity (Wildman–Crippen MR) is 67.3 cm³/mol. The van der Waals surface area contributed by atoms with Crippen molar-refractivity contribution in [1.29, 1.82) is 0 Å². The van der Waals surface area contributed by atoms with Crippen LogP contribution in [0.2, 0.25) is 0 Å². The maximum atomic E-state index is 12.2. The van der Waals surface area contributed by atoms with Crippen LogP contribution in [0.4, 0.5) is 0 Å². The van der Waals surface area contributed by atoms with E-state index in [-0.39, 0.29) is 17.6 Å². The zero-order chi connectivity index (χ0) is 13.2. The van der Waals surface area contributed by atoms with Crippen LogP contribution in [0.25, 0.3) is 0 Å². The van der Waals surface area contributed by atoms with E-state index < -0.39 is 10.0 Å². The van der Waals surface area contributed by atoms with Gasteiger partial charge >= 0.3 is 0 Å². The van der Waals surface area contributed by atoms with Crippen LogP contribution in [-0.2, 0) is 16.6 Å². The number of aromatic nitrogens is 2. The highest BCUT2D eigenvalue weighted by Crippen LogP contribution is 2.15. The van der Waals surface area contributed by atoms with E-state index in [1.54, 1.807) is 0 Å². The van der Waals surface area contributed by atoms with Gasteiger partial charge in [-0.1, -0.05) is 0 Å². The molecule has 1 aliphatic heterocycles. The molecule has 2 heterocycles. The molecule has 1 aromatic rings. The summed E-state index contributed by atoms with van der Waals surface area (Å²) in [4.78, 5) is 2.19. The number of hydrogen-bond acceptors (Lipinski definition) is 5. The molecule has 0 unspecified atom stereocenters. The van der Waals surface area contributed by atoms with Crippen molar-refractivity contribution in [2.45, 2.75) is 30.5 Å². The van der Waals surface area contributed by atoms with Crippen molar-refractivity contribution in [2.75, 3.05) is 20.1 Å². The Morgan fingerprint density at radius 2 is 2.22 bits per heavy atom. The smallest absolute Gasteiger partial charge is 0.258 e. The van der Waals surface area contributed by atoms with Crippen LogP contribution in [0.3, 0.4) is 0 Å². The number of H-pyrrole nitrogens is 1. The van der Waals surface area contributed by atoms with E-state index in [0.29, 0.717) is 5.56 Å². The van der Waals surface area contributed by atoms with Crippen LogP contribution in [0.5, 0.6) is 0 Å². The molecule has 0 atom stereocenters. The first kappa shape index (κ1) is 13.5. The average Bonchev–Trinajstić information content (AvgIpc) is 2.81. The third kappa shape index (κ3) is 2.89. The highest BCUT2D eigenvalue weighted by molar-refractivity contribution is 7.89. The van der Waals surface area contributed by atoms with Gasteiger partial charge in [-0.25, -0.2) is 13.1 Å². The monoisotopic (exact) mass is 273 g/mol. The molecule has 2 rings (SSSR count). The minimum Gasteiger partial charge on any atom is -0.326 e. The lowest BCUT2D eigenvalue weighted by Gasteiger charge is -2.29. The number of nitrogens with one attached hydrogen (secondary N) is 2. The first-order valence-corrected chi connectivity index (χ1v) is 7.44. The molecule has 8 heteroatoms. The highest BCUT2D eigenvalue weighted by atomic mass is 32.2. The van der Waals surface area contributed by atoms with E-state index in [1.807, 2.05) is 7.05 Å². The normalized spacial score (nSPS) is 19.2. The third-order valence-electron chi connectivity index (χ3n) is 3.21. The maximum absolute atomic E-state index is 12.2. The molecule has 0 bridgehead atoms. The lowest BCUT2D eigenvalue weighted by Crippen LogP contribution is -2.43. The molecule has 1 saturated heterocycles. The Balaban J connectivity index is 2.08. The van der Waals surface area contributed by atoms with Gasteiger partial charge < -0.3 is 10.6 Å². The summed E-state index contributed by atoms with van der Waals surface area (Å²) >= 11 is 0. The highest BCUT2D eigenvalue weighted by Gasteiger charge is 2.26. The van der Waals surface area contributed by atoms with Gasteiger partial charge in [-0.15, -0.1) is 0 Å². The first-order valence-electron chi connectivity index (χ1n) is 5.96. The number of likely N-dealkylation sites (tertiary alicyclic amines) is 1. The van der Waals surface area contributed by atoms with E-state index in [1.165, 1.54) is 6.20 Å². The minimum absolute atomic E-state index is 0.0138. The zero-order valence-corrected chi connectivity index (χ0v) is 11.2. The van der Waals surface area contributed by atoms with Gasteiger partial charge in [0.05, 0.1) is 6.20 Å². The van der Waals surface area contributed by atoms with Crippen LogP contribution in [0.15, 0.2) is 11.2 Å². The standard InChI is InChI=1S/C10H19N5O2S/c1-15-4-2-9(3-5-15)14-18(16,17)10-8(6-11)7-12-13-10/h7,9,14H,2-6,11H2,1H3,(H,12,13). The Bertz CT molecular complexity index is 490. The summed E-state index contributed by atoms with van der Waals surface area (Å²) in [5.74, 6) is 0. The Labute approximate surface area is 107 Å². The Kier molecular flexibility index (Phi) is 4.00. The molecule has 1 aliphatic rings. The number of hydrogen-bond donors (Lipinski definition) is 3. The summed E-state index contributed by atoms with van der Waals surface area (Å²) < 4.78 is 27.1. The van der Waals surface area contributed by atoms with Crippen molar-refractivity contribution in [3.05, 3.63) is 11.8 Å². The van der Waals surface area contributed by atoms with Gasteiger partial charge in [0.2, 0.25) is 0 Å². The van der Waals surface area contributed by atoms with E-state index in [9.17, 15) is 8.42 Å². The molecule has 0 amide bonds. The molecular formula is C10H19N5O2S. The molecule has 102 valence electrons. The minimum atomic E-state index is -3.54.